The number of rotatable bonds is 3. The SMILES string of the molecule is CN(CC1CCC1)C(=O)c1ccc(C#CCO)c(Cl)c1. The number of benzene rings is 1. The van der Waals surface area contributed by atoms with Crippen molar-refractivity contribution in [2.24, 2.45) is 5.92 Å². The number of nitrogens with zero attached hydrogens (tertiary/aromatic N) is 1. The minimum Gasteiger partial charge on any atom is -0.384 e. The zero-order valence-electron chi connectivity index (χ0n) is 11.5. The van der Waals surface area contributed by atoms with E-state index in [2.05, 4.69) is 11.8 Å². The molecule has 1 saturated carbocycles. The van der Waals surface area contributed by atoms with Crippen LogP contribution in [0.3, 0.4) is 0 Å². The summed E-state index contributed by atoms with van der Waals surface area (Å²) in [6.45, 7) is 0.601. The Bertz CT molecular complexity index is 555. The zero-order valence-corrected chi connectivity index (χ0v) is 12.3. The molecule has 0 bridgehead atoms. The Hall–Kier alpha value is -1.50. The van der Waals surface area contributed by atoms with Gasteiger partial charge in [-0.15, -0.1) is 0 Å². The van der Waals surface area contributed by atoms with Crippen LogP contribution < -0.4 is 0 Å². The molecule has 0 spiro atoms. The van der Waals surface area contributed by atoms with Crippen molar-refractivity contribution >= 4 is 17.5 Å². The van der Waals surface area contributed by atoms with Crippen molar-refractivity contribution in [3.63, 3.8) is 0 Å². The molecule has 1 N–H and O–H groups in total. The first-order valence-corrected chi connectivity index (χ1v) is 7.14. The standard InChI is InChI=1S/C16H18ClNO2/c1-18(11-12-4-2-5-12)16(20)14-8-7-13(6-3-9-19)15(17)10-14/h7-8,10,12,19H,2,4-5,9,11H2,1H3. The van der Waals surface area contributed by atoms with Crippen LogP contribution in [0.2, 0.25) is 5.02 Å². The lowest BCUT2D eigenvalue weighted by Crippen LogP contribution is -2.34. The number of aliphatic hydroxyl groups is 1. The number of amides is 1. The van der Waals surface area contributed by atoms with Crippen molar-refractivity contribution in [3.8, 4) is 11.8 Å². The first-order valence-electron chi connectivity index (χ1n) is 6.76. The molecule has 4 heteroatoms. The van der Waals surface area contributed by atoms with Gasteiger partial charge < -0.3 is 10.0 Å². The van der Waals surface area contributed by atoms with Gasteiger partial charge in [0.15, 0.2) is 0 Å². The second kappa shape index (κ2) is 6.78. The van der Waals surface area contributed by atoms with E-state index in [0.29, 0.717) is 22.1 Å². The summed E-state index contributed by atoms with van der Waals surface area (Å²) in [6.07, 6.45) is 3.71. The van der Waals surface area contributed by atoms with Crippen LogP contribution in [-0.4, -0.2) is 36.1 Å². The van der Waals surface area contributed by atoms with Gasteiger partial charge in [-0.2, -0.15) is 0 Å². The molecule has 0 atom stereocenters. The van der Waals surface area contributed by atoms with Crippen LogP contribution in [0.15, 0.2) is 18.2 Å². The van der Waals surface area contributed by atoms with Crippen LogP contribution in [-0.2, 0) is 0 Å². The van der Waals surface area contributed by atoms with Crippen molar-refractivity contribution in [2.75, 3.05) is 20.2 Å². The van der Waals surface area contributed by atoms with Crippen LogP contribution in [0.5, 0.6) is 0 Å². The second-order valence-corrected chi connectivity index (χ2v) is 5.54. The van der Waals surface area contributed by atoms with Crippen LogP contribution in [0, 0.1) is 17.8 Å². The highest BCUT2D eigenvalue weighted by Crippen LogP contribution is 2.27. The van der Waals surface area contributed by atoms with E-state index in [1.54, 1.807) is 23.1 Å². The van der Waals surface area contributed by atoms with Gasteiger partial charge in [-0.05, 0) is 37.0 Å². The van der Waals surface area contributed by atoms with E-state index < -0.39 is 0 Å². The van der Waals surface area contributed by atoms with Gasteiger partial charge in [0.05, 0.1) is 5.02 Å². The van der Waals surface area contributed by atoms with Gasteiger partial charge >= 0.3 is 0 Å². The average Bonchev–Trinajstić information content (AvgIpc) is 2.40. The third kappa shape index (κ3) is 3.53. The molecule has 0 aliphatic heterocycles. The predicted molar refractivity (Wildman–Crippen MR) is 79.7 cm³/mol. The molecule has 106 valence electrons. The fraction of sp³-hybridized carbons (Fsp3) is 0.438. The van der Waals surface area contributed by atoms with E-state index in [0.717, 1.165) is 6.54 Å². The quantitative estimate of drug-likeness (QED) is 0.870. The molecule has 20 heavy (non-hydrogen) atoms. The fourth-order valence-corrected chi connectivity index (χ4v) is 2.48. The van der Waals surface area contributed by atoms with Gasteiger partial charge in [-0.3, -0.25) is 4.79 Å². The number of hydrogen-bond donors (Lipinski definition) is 1. The molecule has 0 unspecified atom stereocenters. The molecule has 1 amide bonds. The van der Waals surface area contributed by atoms with Crippen LogP contribution in [0.4, 0.5) is 0 Å². The van der Waals surface area contributed by atoms with E-state index in [4.69, 9.17) is 16.7 Å². The maximum absolute atomic E-state index is 12.3. The molecule has 0 saturated heterocycles. The molecule has 1 fully saturated rings. The summed E-state index contributed by atoms with van der Waals surface area (Å²) < 4.78 is 0. The number of hydrogen-bond acceptors (Lipinski definition) is 2. The summed E-state index contributed by atoms with van der Waals surface area (Å²) in [4.78, 5) is 14.0. The van der Waals surface area contributed by atoms with Gasteiger partial charge in [-0.1, -0.05) is 29.9 Å². The third-order valence-electron chi connectivity index (χ3n) is 3.62. The molecule has 1 aromatic rings. The fourth-order valence-electron chi connectivity index (χ4n) is 2.25. The van der Waals surface area contributed by atoms with Crippen LogP contribution >= 0.6 is 11.6 Å². The van der Waals surface area contributed by atoms with Gasteiger partial charge in [0.1, 0.15) is 6.61 Å². The maximum atomic E-state index is 12.3. The van der Waals surface area contributed by atoms with Crippen molar-refractivity contribution in [2.45, 2.75) is 19.3 Å². The van der Waals surface area contributed by atoms with Crippen molar-refractivity contribution in [3.05, 3.63) is 34.3 Å². The van der Waals surface area contributed by atoms with Gasteiger partial charge in [-0.25, -0.2) is 0 Å². The summed E-state index contributed by atoms with van der Waals surface area (Å²) in [5.41, 5.74) is 1.20. The Morgan fingerprint density at radius 3 is 2.80 bits per heavy atom. The number of aliphatic hydroxyl groups excluding tert-OH is 1. The zero-order chi connectivity index (χ0) is 14.5. The molecular weight excluding hydrogens is 274 g/mol. The Labute approximate surface area is 124 Å². The van der Waals surface area contributed by atoms with Gasteiger partial charge in [0.2, 0.25) is 0 Å². The first kappa shape index (κ1) is 14.9. The Kier molecular flexibility index (Phi) is 5.05. The molecule has 0 aromatic heterocycles. The summed E-state index contributed by atoms with van der Waals surface area (Å²) >= 11 is 6.10. The molecule has 3 nitrogen and oxygen atoms in total. The van der Waals surface area contributed by atoms with E-state index in [1.807, 2.05) is 7.05 Å². The summed E-state index contributed by atoms with van der Waals surface area (Å²) in [5, 5.41) is 9.11. The number of carbonyl (C=O) groups excluding carboxylic acids is 1. The minimum absolute atomic E-state index is 0.0135. The maximum Gasteiger partial charge on any atom is 0.253 e. The van der Waals surface area contributed by atoms with Gasteiger partial charge in [0.25, 0.3) is 5.91 Å². The lowest BCUT2D eigenvalue weighted by atomic mass is 9.85. The Balaban J connectivity index is 2.07. The van der Waals surface area contributed by atoms with Crippen molar-refractivity contribution in [1.82, 2.24) is 4.90 Å². The first-order chi connectivity index (χ1) is 9.61. The highest BCUT2D eigenvalue weighted by atomic mass is 35.5. The molecule has 1 aliphatic carbocycles. The second-order valence-electron chi connectivity index (χ2n) is 5.14. The Morgan fingerprint density at radius 1 is 1.50 bits per heavy atom. The average molecular weight is 292 g/mol. The van der Waals surface area contributed by atoms with E-state index in [9.17, 15) is 4.79 Å². The minimum atomic E-state index is -0.207. The van der Waals surface area contributed by atoms with Crippen molar-refractivity contribution < 1.29 is 9.90 Å². The molecule has 1 aliphatic rings. The van der Waals surface area contributed by atoms with Gasteiger partial charge in [0, 0.05) is 24.7 Å². The van der Waals surface area contributed by atoms with E-state index in [-0.39, 0.29) is 12.5 Å². The predicted octanol–water partition coefficient (Wildman–Crippen LogP) is 2.56. The summed E-state index contributed by atoms with van der Waals surface area (Å²) in [5.74, 6) is 5.93. The molecular formula is C16H18ClNO2. The van der Waals surface area contributed by atoms with Crippen molar-refractivity contribution in [1.29, 1.82) is 0 Å². The topological polar surface area (TPSA) is 40.5 Å². The highest BCUT2D eigenvalue weighted by Gasteiger charge is 2.22. The van der Waals surface area contributed by atoms with E-state index >= 15 is 0 Å². The lowest BCUT2D eigenvalue weighted by molar-refractivity contribution is 0.0745. The molecule has 0 radical (unpaired) electrons. The summed E-state index contributed by atoms with van der Waals surface area (Å²) in [7, 11) is 1.83. The number of carbonyl (C=O) groups is 1. The van der Waals surface area contributed by atoms with E-state index in [1.165, 1.54) is 19.3 Å². The molecule has 2 rings (SSSR count). The highest BCUT2D eigenvalue weighted by molar-refractivity contribution is 6.32. The smallest absolute Gasteiger partial charge is 0.253 e. The number of halogens is 1. The van der Waals surface area contributed by atoms with Crippen LogP contribution in [0.1, 0.15) is 35.2 Å². The molecule has 0 heterocycles. The largest absolute Gasteiger partial charge is 0.384 e. The lowest BCUT2D eigenvalue weighted by Gasteiger charge is -2.30. The monoisotopic (exact) mass is 291 g/mol. The van der Waals surface area contributed by atoms with Crippen LogP contribution in [0.25, 0.3) is 0 Å². The normalized spacial score (nSPS) is 14.2. The summed E-state index contributed by atoms with van der Waals surface area (Å²) in [6, 6.07) is 5.09. The molecule has 1 aromatic carbocycles. The Morgan fingerprint density at radius 2 is 2.25 bits per heavy atom. The third-order valence-corrected chi connectivity index (χ3v) is 3.93.